The molecule has 3 aromatic rings. The zero-order chi connectivity index (χ0) is 14.1. The highest BCUT2D eigenvalue weighted by molar-refractivity contribution is 7.15. The third-order valence-corrected chi connectivity index (χ3v) is 4.37. The van der Waals surface area contributed by atoms with Gasteiger partial charge in [0.1, 0.15) is 0 Å². The molecule has 2 aromatic heterocycles. The van der Waals surface area contributed by atoms with Crippen molar-refractivity contribution in [1.29, 1.82) is 0 Å². The summed E-state index contributed by atoms with van der Waals surface area (Å²) in [5.41, 5.74) is 11.3. The fourth-order valence-electron chi connectivity index (χ4n) is 2.52. The third kappa shape index (κ3) is 2.76. The minimum Gasteiger partial charge on any atom is -0.327 e. The molecule has 1 unspecified atom stereocenters. The van der Waals surface area contributed by atoms with Crippen LogP contribution >= 0.6 is 11.3 Å². The summed E-state index contributed by atoms with van der Waals surface area (Å²) in [6, 6.07) is 6.67. The molecular formula is C16H19N3S. The Labute approximate surface area is 123 Å². The van der Waals surface area contributed by atoms with Crippen molar-refractivity contribution in [2.75, 3.05) is 0 Å². The molecule has 0 saturated heterocycles. The summed E-state index contributed by atoms with van der Waals surface area (Å²) in [5.74, 6) is 0. The molecule has 2 N–H and O–H groups in total. The second-order valence-corrected chi connectivity index (χ2v) is 6.30. The average Bonchev–Trinajstić information content (AvgIpc) is 2.94. The van der Waals surface area contributed by atoms with E-state index in [9.17, 15) is 0 Å². The van der Waals surface area contributed by atoms with E-state index in [0.29, 0.717) is 0 Å². The van der Waals surface area contributed by atoms with Gasteiger partial charge < -0.3 is 5.73 Å². The van der Waals surface area contributed by atoms with Crippen LogP contribution in [0, 0.1) is 13.8 Å². The summed E-state index contributed by atoms with van der Waals surface area (Å²) < 4.78 is 2.06. The maximum atomic E-state index is 6.30. The molecule has 0 radical (unpaired) electrons. The smallest absolute Gasteiger partial charge is 0.193 e. The van der Waals surface area contributed by atoms with Crippen LogP contribution in [0.2, 0.25) is 0 Å². The van der Waals surface area contributed by atoms with Crippen molar-refractivity contribution < 1.29 is 0 Å². The number of hydrogen-bond donors (Lipinski definition) is 1. The first-order valence-corrected chi connectivity index (χ1v) is 7.72. The van der Waals surface area contributed by atoms with Gasteiger partial charge in [-0.2, -0.15) is 0 Å². The molecule has 2 heterocycles. The van der Waals surface area contributed by atoms with Crippen molar-refractivity contribution in [2.24, 2.45) is 5.73 Å². The van der Waals surface area contributed by atoms with Crippen molar-refractivity contribution in [2.45, 2.75) is 32.7 Å². The van der Waals surface area contributed by atoms with Gasteiger partial charge in [-0.3, -0.25) is 4.40 Å². The lowest BCUT2D eigenvalue weighted by Crippen LogP contribution is -2.26. The molecule has 0 saturated carbocycles. The molecular weight excluding hydrogens is 266 g/mol. The number of rotatable bonds is 4. The molecule has 0 aliphatic heterocycles. The van der Waals surface area contributed by atoms with E-state index in [4.69, 9.17) is 5.73 Å². The first-order chi connectivity index (χ1) is 9.61. The number of nitrogens with zero attached hydrogens (tertiary/aromatic N) is 2. The summed E-state index contributed by atoms with van der Waals surface area (Å²) in [6.45, 7) is 4.27. The molecule has 20 heavy (non-hydrogen) atoms. The Kier molecular flexibility index (Phi) is 3.59. The first kappa shape index (κ1) is 13.3. The topological polar surface area (TPSA) is 43.3 Å². The van der Waals surface area contributed by atoms with Gasteiger partial charge in [-0.1, -0.05) is 23.8 Å². The largest absolute Gasteiger partial charge is 0.327 e. The number of nitrogens with two attached hydrogens (primary N) is 1. The maximum Gasteiger partial charge on any atom is 0.193 e. The number of aromatic nitrogens is 2. The Bertz CT molecular complexity index is 698. The lowest BCUT2D eigenvalue weighted by atomic mass is 9.97. The Morgan fingerprint density at radius 2 is 2.15 bits per heavy atom. The van der Waals surface area contributed by atoms with E-state index in [-0.39, 0.29) is 6.04 Å². The SMILES string of the molecule is Cc1ccc(C)c(CC(N)Cc2cn3ccsc3n2)c1. The summed E-state index contributed by atoms with van der Waals surface area (Å²) in [7, 11) is 0. The van der Waals surface area contributed by atoms with E-state index in [1.54, 1.807) is 11.3 Å². The summed E-state index contributed by atoms with van der Waals surface area (Å²) >= 11 is 1.65. The second-order valence-electron chi connectivity index (χ2n) is 5.42. The highest BCUT2D eigenvalue weighted by atomic mass is 32.1. The van der Waals surface area contributed by atoms with E-state index in [1.807, 2.05) is 11.6 Å². The second kappa shape index (κ2) is 5.38. The molecule has 1 aromatic carbocycles. The monoisotopic (exact) mass is 285 g/mol. The zero-order valence-corrected chi connectivity index (χ0v) is 12.7. The van der Waals surface area contributed by atoms with Crippen LogP contribution in [0.25, 0.3) is 4.96 Å². The Balaban J connectivity index is 1.71. The quantitative estimate of drug-likeness (QED) is 0.800. The predicted octanol–water partition coefficient (Wildman–Crippen LogP) is 3.13. The van der Waals surface area contributed by atoms with Crippen LogP contribution < -0.4 is 5.73 Å². The number of hydrogen-bond acceptors (Lipinski definition) is 3. The molecule has 0 aliphatic rings. The first-order valence-electron chi connectivity index (χ1n) is 6.84. The normalized spacial score (nSPS) is 12.9. The van der Waals surface area contributed by atoms with Gasteiger partial charge >= 0.3 is 0 Å². The Morgan fingerprint density at radius 1 is 1.30 bits per heavy atom. The lowest BCUT2D eigenvalue weighted by Gasteiger charge is -2.13. The number of thiazole rings is 1. The van der Waals surface area contributed by atoms with Gasteiger partial charge in [-0.15, -0.1) is 11.3 Å². The lowest BCUT2D eigenvalue weighted by molar-refractivity contribution is 0.654. The van der Waals surface area contributed by atoms with Gasteiger partial charge in [0.2, 0.25) is 0 Å². The highest BCUT2D eigenvalue weighted by Gasteiger charge is 2.10. The molecule has 0 aliphatic carbocycles. The average molecular weight is 285 g/mol. The number of aryl methyl sites for hydroxylation is 2. The van der Waals surface area contributed by atoms with Gasteiger partial charge in [-0.05, 0) is 31.4 Å². The van der Waals surface area contributed by atoms with E-state index in [2.05, 4.69) is 47.6 Å². The van der Waals surface area contributed by atoms with Gasteiger partial charge in [-0.25, -0.2) is 4.98 Å². The van der Waals surface area contributed by atoms with Crippen LogP contribution in [-0.4, -0.2) is 15.4 Å². The van der Waals surface area contributed by atoms with Gasteiger partial charge in [0, 0.05) is 30.2 Å². The molecule has 0 amide bonds. The minimum absolute atomic E-state index is 0.111. The van der Waals surface area contributed by atoms with Crippen molar-refractivity contribution in [3.05, 3.63) is 58.4 Å². The van der Waals surface area contributed by atoms with Crippen molar-refractivity contribution in [1.82, 2.24) is 9.38 Å². The zero-order valence-electron chi connectivity index (χ0n) is 11.8. The molecule has 0 spiro atoms. The van der Waals surface area contributed by atoms with E-state index >= 15 is 0 Å². The maximum absolute atomic E-state index is 6.30. The fourth-order valence-corrected chi connectivity index (χ4v) is 3.24. The van der Waals surface area contributed by atoms with Crippen molar-refractivity contribution in [3.63, 3.8) is 0 Å². The van der Waals surface area contributed by atoms with E-state index in [1.165, 1.54) is 16.7 Å². The van der Waals surface area contributed by atoms with Crippen LogP contribution in [0.5, 0.6) is 0 Å². The van der Waals surface area contributed by atoms with Crippen LogP contribution in [0.15, 0.2) is 36.0 Å². The van der Waals surface area contributed by atoms with E-state index < -0.39 is 0 Å². The standard InChI is InChI=1S/C16H19N3S/c1-11-3-4-12(2)13(7-11)8-14(17)9-15-10-19-5-6-20-16(19)18-15/h3-7,10,14H,8-9,17H2,1-2H3. The molecule has 0 bridgehead atoms. The highest BCUT2D eigenvalue weighted by Crippen LogP contribution is 2.16. The van der Waals surface area contributed by atoms with E-state index in [0.717, 1.165) is 23.5 Å². The molecule has 4 heteroatoms. The number of imidazole rings is 1. The third-order valence-electron chi connectivity index (χ3n) is 3.60. The molecule has 104 valence electrons. The van der Waals surface area contributed by atoms with Crippen molar-refractivity contribution in [3.8, 4) is 0 Å². The Hall–Kier alpha value is -1.65. The van der Waals surface area contributed by atoms with Gasteiger partial charge in [0.05, 0.1) is 5.69 Å². The fraction of sp³-hybridized carbons (Fsp3) is 0.312. The summed E-state index contributed by atoms with van der Waals surface area (Å²) in [6.07, 6.45) is 5.84. The summed E-state index contributed by atoms with van der Waals surface area (Å²) in [4.78, 5) is 5.64. The van der Waals surface area contributed by atoms with Crippen LogP contribution in [0.4, 0.5) is 0 Å². The van der Waals surface area contributed by atoms with Gasteiger partial charge in [0.25, 0.3) is 0 Å². The van der Waals surface area contributed by atoms with Crippen molar-refractivity contribution >= 4 is 16.3 Å². The van der Waals surface area contributed by atoms with Crippen LogP contribution in [-0.2, 0) is 12.8 Å². The minimum atomic E-state index is 0.111. The van der Waals surface area contributed by atoms with Gasteiger partial charge in [0.15, 0.2) is 4.96 Å². The summed E-state index contributed by atoms with van der Waals surface area (Å²) in [5, 5.41) is 2.04. The number of benzene rings is 1. The molecule has 3 rings (SSSR count). The number of fused-ring (bicyclic) bond motifs is 1. The Morgan fingerprint density at radius 3 is 2.95 bits per heavy atom. The van der Waals surface area contributed by atoms with Crippen LogP contribution in [0.1, 0.15) is 22.4 Å². The molecule has 1 atom stereocenters. The predicted molar refractivity (Wildman–Crippen MR) is 84.4 cm³/mol. The molecule has 0 fully saturated rings. The van der Waals surface area contributed by atoms with Crippen LogP contribution in [0.3, 0.4) is 0 Å². The molecule has 3 nitrogen and oxygen atoms in total.